The number of rotatable bonds is 19. The quantitative estimate of drug-likeness (QED) is 0.0416. The number of allylic oxidation sites excluding steroid dienone is 1. The maximum atomic E-state index is 13.9. The minimum Gasteiger partial charge on any atom is -0.507 e. The largest absolute Gasteiger partial charge is 0.507 e. The molecule has 0 spiro atoms. The number of likely N-dealkylation sites (tertiary alicyclic amines) is 1. The monoisotopic (exact) mass is 850 g/mol. The van der Waals surface area contributed by atoms with Crippen molar-refractivity contribution < 1.29 is 24.3 Å². The van der Waals surface area contributed by atoms with Crippen LogP contribution in [0.15, 0.2) is 77.3 Å². The molecule has 0 radical (unpaired) electrons. The minimum absolute atomic E-state index is 0.0166. The van der Waals surface area contributed by atoms with Crippen molar-refractivity contribution in [3.63, 3.8) is 0 Å². The van der Waals surface area contributed by atoms with Crippen molar-refractivity contribution in [1.82, 2.24) is 25.4 Å². The van der Waals surface area contributed by atoms with Crippen LogP contribution in [-0.2, 0) is 25.7 Å². The molecule has 3 heterocycles. The van der Waals surface area contributed by atoms with E-state index in [2.05, 4.69) is 15.6 Å². The van der Waals surface area contributed by atoms with Crippen LogP contribution in [0.2, 0.25) is 0 Å². The lowest BCUT2D eigenvalue weighted by molar-refractivity contribution is -0.143. The number of carbonyl (C=O) groups excluding carboxylic acids is 4. The Labute approximate surface area is 363 Å². The lowest BCUT2D eigenvalue weighted by atomic mass is 9.85. The number of nitrogens with one attached hydrogen (secondary N) is 4. The summed E-state index contributed by atoms with van der Waals surface area (Å²) in [5.41, 5.74) is 11.8. The fraction of sp³-hybridized carbons (Fsp3) is 0.468. The molecule has 1 fully saturated rings. The number of hydrogen-bond donors (Lipinski definition) is 6. The van der Waals surface area contributed by atoms with Gasteiger partial charge in [0.15, 0.2) is 0 Å². The number of aromatic nitrogens is 1. The van der Waals surface area contributed by atoms with E-state index in [4.69, 9.17) is 16.6 Å². The second-order valence-corrected chi connectivity index (χ2v) is 17.9. The number of benzene rings is 2. The van der Waals surface area contributed by atoms with Gasteiger partial charge in [0.1, 0.15) is 23.7 Å². The highest BCUT2D eigenvalue weighted by molar-refractivity contribution is 7.13. The SMILES string of the molecule is Cc1ncsc1-c1ccc(CNC(=O)[C@@H]2CCCN2C(=O)[C@@H](NC(=O)CCCCCCCCC(=O)N2CC=C(/C(=C/C(=N)c3ccccc3O)C(=N)N)CC2)C(C)(C)C)cc1. The Hall–Kier alpha value is -5.63. The van der Waals surface area contributed by atoms with Gasteiger partial charge in [-0.25, -0.2) is 4.98 Å². The van der Waals surface area contributed by atoms with E-state index in [1.807, 2.05) is 63.5 Å². The number of phenolic OH excluding ortho intramolecular Hbond substituents is 1. The second kappa shape index (κ2) is 21.8. The van der Waals surface area contributed by atoms with E-state index < -0.39 is 17.5 Å². The number of hydrogen-bond acceptors (Lipinski definition) is 9. The van der Waals surface area contributed by atoms with Gasteiger partial charge in [0.05, 0.1) is 21.8 Å². The molecule has 14 heteroatoms. The maximum absolute atomic E-state index is 13.9. The van der Waals surface area contributed by atoms with Crippen LogP contribution in [0.5, 0.6) is 5.75 Å². The van der Waals surface area contributed by atoms with E-state index in [1.165, 1.54) is 12.1 Å². The van der Waals surface area contributed by atoms with E-state index in [0.29, 0.717) is 69.4 Å². The molecule has 7 N–H and O–H groups in total. The van der Waals surface area contributed by atoms with Crippen LogP contribution in [-0.4, -0.2) is 86.8 Å². The summed E-state index contributed by atoms with van der Waals surface area (Å²) in [6.07, 6.45) is 11.1. The van der Waals surface area contributed by atoms with Crippen molar-refractivity contribution in [2.45, 2.75) is 117 Å². The van der Waals surface area contributed by atoms with Gasteiger partial charge in [0, 0.05) is 50.2 Å². The summed E-state index contributed by atoms with van der Waals surface area (Å²) in [4.78, 5) is 62.3. The zero-order chi connectivity index (χ0) is 44.1. The fourth-order valence-electron chi connectivity index (χ4n) is 7.84. The van der Waals surface area contributed by atoms with Crippen molar-refractivity contribution in [2.75, 3.05) is 19.6 Å². The smallest absolute Gasteiger partial charge is 0.246 e. The van der Waals surface area contributed by atoms with Crippen LogP contribution in [0.1, 0.15) is 108 Å². The average molecular weight is 851 g/mol. The Balaban J connectivity index is 0.984. The van der Waals surface area contributed by atoms with Gasteiger partial charge in [0.2, 0.25) is 23.6 Å². The van der Waals surface area contributed by atoms with E-state index in [0.717, 1.165) is 65.8 Å². The molecule has 3 aromatic rings. The standard InChI is InChI=1S/C47H62N8O5S/c1-31-42(61-30-52-31)34-21-19-32(20-22-34)29-51-45(59)38-15-13-25-55(38)46(60)43(47(2,3)4)53-40(57)17-9-7-5-6-8-10-18-41(58)54-26-23-33(24-27-54)36(44(49)50)28-37(48)35-14-11-12-16-39(35)56/h11-12,14,16,19-23,28,30,38,43,48,56H,5-10,13,15,17-18,24-27,29H2,1-4H3,(H3,49,50)(H,51,59)(H,53,57)/b36-28-,48-37?/t38-,43+/m0/s1. The second-order valence-electron chi connectivity index (χ2n) is 17.1. The van der Waals surface area contributed by atoms with Crippen molar-refractivity contribution in [3.8, 4) is 16.2 Å². The normalized spacial score (nSPS) is 16.2. The molecule has 1 aromatic heterocycles. The van der Waals surface area contributed by atoms with Crippen LogP contribution in [0.3, 0.4) is 0 Å². The summed E-state index contributed by atoms with van der Waals surface area (Å²) in [5, 5.41) is 32.6. The molecule has 13 nitrogen and oxygen atoms in total. The number of nitrogens with zero attached hydrogens (tertiary/aromatic N) is 3. The number of nitrogens with two attached hydrogens (primary N) is 1. The van der Waals surface area contributed by atoms with Gasteiger partial charge in [-0.05, 0) is 79.4 Å². The first-order chi connectivity index (χ1) is 29.1. The summed E-state index contributed by atoms with van der Waals surface area (Å²) in [5.74, 6) is -0.685. The van der Waals surface area contributed by atoms with Gasteiger partial charge in [0.25, 0.3) is 0 Å². The number of unbranched alkanes of at least 4 members (excludes halogenated alkanes) is 5. The van der Waals surface area contributed by atoms with Crippen molar-refractivity contribution in [3.05, 3.63) is 94.2 Å². The molecule has 0 aliphatic carbocycles. The van der Waals surface area contributed by atoms with Crippen LogP contribution >= 0.6 is 11.3 Å². The molecule has 0 saturated carbocycles. The van der Waals surface area contributed by atoms with Gasteiger partial charge < -0.3 is 36.7 Å². The van der Waals surface area contributed by atoms with E-state index in [-0.39, 0.29) is 40.9 Å². The molecule has 61 heavy (non-hydrogen) atoms. The zero-order valence-electron chi connectivity index (χ0n) is 36.0. The van der Waals surface area contributed by atoms with Crippen LogP contribution in [0.25, 0.3) is 10.4 Å². The molecule has 2 aliphatic rings. The first-order valence-electron chi connectivity index (χ1n) is 21.4. The lowest BCUT2D eigenvalue weighted by Crippen LogP contribution is -2.57. The number of phenols is 1. The first kappa shape index (κ1) is 46.4. The Morgan fingerprint density at radius 3 is 2.30 bits per heavy atom. The molecular formula is C47H62N8O5S. The molecule has 326 valence electrons. The van der Waals surface area contributed by atoms with Gasteiger partial charge in [-0.1, -0.05) is 88.9 Å². The number of amides is 4. The highest BCUT2D eigenvalue weighted by Crippen LogP contribution is 2.29. The Kier molecular flexibility index (Phi) is 16.6. The lowest BCUT2D eigenvalue weighted by Gasteiger charge is -2.35. The fourth-order valence-corrected chi connectivity index (χ4v) is 8.66. The van der Waals surface area contributed by atoms with E-state index in [1.54, 1.807) is 39.3 Å². The highest BCUT2D eigenvalue weighted by Gasteiger charge is 2.41. The van der Waals surface area contributed by atoms with Gasteiger partial charge in [-0.2, -0.15) is 0 Å². The molecule has 4 amide bonds. The van der Waals surface area contributed by atoms with Crippen molar-refractivity contribution in [1.29, 1.82) is 10.8 Å². The topological polar surface area (TPSA) is 206 Å². The van der Waals surface area contributed by atoms with Crippen LogP contribution in [0.4, 0.5) is 0 Å². The molecule has 5 rings (SSSR count). The third kappa shape index (κ3) is 12.9. The zero-order valence-corrected chi connectivity index (χ0v) is 36.8. The average Bonchev–Trinajstić information content (AvgIpc) is 3.91. The Bertz CT molecular complexity index is 2120. The summed E-state index contributed by atoms with van der Waals surface area (Å²) in [6.45, 7) is 9.52. The molecule has 0 bridgehead atoms. The molecule has 2 aromatic carbocycles. The third-order valence-corrected chi connectivity index (χ3v) is 12.4. The summed E-state index contributed by atoms with van der Waals surface area (Å²) < 4.78 is 0. The predicted octanol–water partition coefficient (Wildman–Crippen LogP) is 7.17. The first-order valence-corrected chi connectivity index (χ1v) is 22.3. The number of carbonyl (C=O) groups is 4. The molecule has 1 saturated heterocycles. The van der Waals surface area contributed by atoms with Gasteiger partial charge in [-0.3, -0.25) is 24.6 Å². The van der Waals surface area contributed by atoms with Crippen molar-refractivity contribution >= 4 is 46.5 Å². The number of aromatic hydroxyl groups is 1. The number of para-hydroxylation sites is 1. The maximum Gasteiger partial charge on any atom is 0.246 e. The number of thiazole rings is 1. The van der Waals surface area contributed by atoms with E-state index >= 15 is 0 Å². The Morgan fingerprint density at radius 1 is 0.984 bits per heavy atom. The number of aryl methyl sites for hydroxylation is 1. The number of amidine groups is 1. The van der Waals surface area contributed by atoms with Crippen LogP contribution in [0, 0.1) is 23.2 Å². The molecule has 0 unspecified atom stereocenters. The highest BCUT2D eigenvalue weighted by atomic mass is 32.1. The summed E-state index contributed by atoms with van der Waals surface area (Å²) in [6, 6.07) is 13.3. The van der Waals surface area contributed by atoms with E-state index in [9.17, 15) is 24.3 Å². The Morgan fingerprint density at radius 2 is 1.67 bits per heavy atom. The van der Waals surface area contributed by atoms with Gasteiger partial charge >= 0.3 is 0 Å². The molecular weight excluding hydrogens is 789 g/mol. The third-order valence-electron chi connectivity index (χ3n) is 11.4. The van der Waals surface area contributed by atoms with Gasteiger partial charge in [-0.15, -0.1) is 11.3 Å². The summed E-state index contributed by atoms with van der Waals surface area (Å²) >= 11 is 1.60. The summed E-state index contributed by atoms with van der Waals surface area (Å²) in [7, 11) is 0. The van der Waals surface area contributed by atoms with Crippen LogP contribution < -0.4 is 16.4 Å². The molecule has 2 aliphatic heterocycles. The van der Waals surface area contributed by atoms with Crippen molar-refractivity contribution in [2.24, 2.45) is 11.1 Å². The minimum atomic E-state index is -0.757. The predicted molar refractivity (Wildman–Crippen MR) is 241 cm³/mol. The molecule has 2 atom stereocenters.